The molecule has 0 saturated heterocycles. The third kappa shape index (κ3) is 4.56. The van der Waals surface area contributed by atoms with Gasteiger partial charge in [-0.05, 0) is 59.5 Å². The van der Waals surface area contributed by atoms with Crippen LogP contribution in [0, 0.1) is 12.8 Å². The zero-order valence-corrected chi connectivity index (χ0v) is 21.7. The number of hydrogen-bond donors (Lipinski definition) is 1. The molecule has 1 N–H and O–H groups in total. The number of carbonyl (C=O) groups is 1. The van der Waals surface area contributed by atoms with E-state index in [1.165, 1.54) is 0 Å². The minimum atomic E-state index is -4.02. The molecule has 1 heterocycles. The lowest BCUT2D eigenvalue weighted by molar-refractivity contribution is -0.141. The molecule has 0 bridgehead atoms. The molecule has 188 valence electrons. The van der Waals surface area contributed by atoms with E-state index in [2.05, 4.69) is 4.72 Å². The van der Waals surface area contributed by atoms with Gasteiger partial charge in [0.05, 0.1) is 10.9 Å². The Morgan fingerprint density at radius 2 is 1.49 bits per heavy atom. The third-order valence-corrected chi connectivity index (χ3v) is 8.29. The Balaban J connectivity index is 1.70. The van der Waals surface area contributed by atoms with Crippen molar-refractivity contribution in [3.63, 3.8) is 0 Å². The number of benzene rings is 4. The number of hydrogen-bond acceptors (Lipinski definition) is 5. The van der Waals surface area contributed by atoms with Crippen LogP contribution in [0.4, 0.5) is 0 Å². The van der Waals surface area contributed by atoms with Crippen LogP contribution < -0.4 is 4.72 Å². The summed E-state index contributed by atoms with van der Waals surface area (Å²) in [7, 11) is -4.02. The van der Waals surface area contributed by atoms with Gasteiger partial charge >= 0.3 is 5.97 Å². The molecule has 4 aromatic carbocycles. The Labute approximate surface area is 217 Å². The van der Waals surface area contributed by atoms with Crippen molar-refractivity contribution in [2.75, 3.05) is 0 Å². The van der Waals surface area contributed by atoms with Crippen LogP contribution in [-0.2, 0) is 19.6 Å². The van der Waals surface area contributed by atoms with E-state index in [1.54, 1.807) is 24.3 Å². The monoisotopic (exact) mass is 512 g/mol. The summed E-state index contributed by atoms with van der Waals surface area (Å²) in [5.41, 5.74) is 0.695. The largest absolute Gasteiger partial charge is 0.405 e. The number of aliphatic imine (C=N–C) groups is 1. The first-order valence-electron chi connectivity index (χ1n) is 12.2. The van der Waals surface area contributed by atoms with Gasteiger partial charge in [0.25, 0.3) is 0 Å². The summed E-state index contributed by atoms with van der Waals surface area (Å²) >= 11 is 0. The molecule has 5 rings (SSSR count). The first kappa shape index (κ1) is 24.9. The van der Waals surface area contributed by atoms with Crippen LogP contribution in [0.15, 0.2) is 107 Å². The summed E-state index contributed by atoms with van der Waals surface area (Å²) in [5, 5.41) is 1.93. The molecule has 0 saturated carbocycles. The molecule has 0 fully saturated rings. The Bertz CT molecular complexity index is 1600. The molecule has 0 aliphatic carbocycles. The Hall–Kier alpha value is -3.81. The van der Waals surface area contributed by atoms with E-state index in [1.807, 2.05) is 93.6 Å². The summed E-state index contributed by atoms with van der Waals surface area (Å²) in [6.45, 7) is 5.60. The van der Waals surface area contributed by atoms with Gasteiger partial charge in [-0.1, -0.05) is 86.1 Å². The molecule has 0 radical (unpaired) electrons. The predicted octanol–water partition coefficient (Wildman–Crippen LogP) is 5.57. The predicted molar refractivity (Wildman–Crippen MR) is 145 cm³/mol. The number of fused-ring (bicyclic) bond motifs is 1. The van der Waals surface area contributed by atoms with E-state index < -0.39 is 33.5 Å². The van der Waals surface area contributed by atoms with Gasteiger partial charge in [-0.3, -0.25) is 0 Å². The zero-order valence-electron chi connectivity index (χ0n) is 20.9. The van der Waals surface area contributed by atoms with Gasteiger partial charge in [-0.25, -0.2) is 22.9 Å². The number of cyclic esters (lactones) is 1. The molecule has 1 aliphatic rings. The summed E-state index contributed by atoms with van der Waals surface area (Å²) in [4.78, 5) is 18.6. The van der Waals surface area contributed by atoms with Gasteiger partial charge in [0.1, 0.15) is 0 Å². The second-order valence-corrected chi connectivity index (χ2v) is 11.3. The quantitative estimate of drug-likeness (QED) is 0.328. The smallest absolute Gasteiger partial charge is 0.343 e. The van der Waals surface area contributed by atoms with E-state index in [-0.39, 0.29) is 10.8 Å². The fraction of sp³-hybridized carbons (Fsp3) is 0.200. The van der Waals surface area contributed by atoms with Crippen LogP contribution in [0.2, 0.25) is 0 Å². The summed E-state index contributed by atoms with van der Waals surface area (Å²) in [6, 6.07) is 28.2. The van der Waals surface area contributed by atoms with Crippen LogP contribution in [-0.4, -0.2) is 25.8 Å². The summed E-state index contributed by atoms with van der Waals surface area (Å²) < 4.78 is 35.9. The lowest BCUT2D eigenvalue weighted by atomic mass is 9.77. The van der Waals surface area contributed by atoms with Crippen LogP contribution in [0.5, 0.6) is 0 Å². The van der Waals surface area contributed by atoms with Crippen molar-refractivity contribution >= 4 is 32.7 Å². The Kier molecular flexibility index (Phi) is 6.43. The highest BCUT2D eigenvalue weighted by Crippen LogP contribution is 2.42. The first-order valence-corrected chi connectivity index (χ1v) is 13.6. The van der Waals surface area contributed by atoms with Crippen LogP contribution in [0.1, 0.15) is 36.6 Å². The molecule has 7 heteroatoms. The topological polar surface area (TPSA) is 84.8 Å². The Morgan fingerprint density at radius 1 is 0.838 bits per heavy atom. The van der Waals surface area contributed by atoms with Crippen LogP contribution >= 0.6 is 0 Å². The molecule has 0 spiro atoms. The van der Waals surface area contributed by atoms with Gasteiger partial charge in [-0.2, -0.15) is 0 Å². The highest BCUT2D eigenvalue weighted by Gasteiger charge is 2.56. The van der Waals surface area contributed by atoms with E-state index in [0.717, 1.165) is 16.3 Å². The fourth-order valence-electron chi connectivity index (χ4n) is 4.73. The van der Waals surface area contributed by atoms with E-state index in [0.29, 0.717) is 11.1 Å². The number of sulfonamides is 1. The maximum Gasteiger partial charge on any atom is 0.343 e. The number of nitrogens with zero attached hydrogens (tertiary/aromatic N) is 1. The average molecular weight is 513 g/mol. The highest BCUT2D eigenvalue weighted by molar-refractivity contribution is 7.89. The van der Waals surface area contributed by atoms with Crippen molar-refractivity contribution < 1.29 is 17.9 Å². The van der Waals surface area contributed by atoms with Crippen LogP contribution in [0.25, 0.3) is 10.8 Å². The van der Waals surface area contributed by atoms with E-state index >= 15 is 0 Å². The summed E-state index contributed by atoms with van der Waals surface area (Å²) in [6.07, 6.45) is 0. The number of aryl methyl sites for hydroxylation is 1. The molecule has 1 aliphatic heterocycles. The summed E-state index contributed by atoms with van der Waals surface area (Å²) in [5.74, 6) is -0.802. The second-order valence-electron chi connectivity index (χ2n) is 9.63. The molecule has 0 aromatic heterocycles. The number of carbonyl (C=O) groups excluding carboxylic acids is 1. The minimum Gasteiger partial charge on any atom is -0.405 e. The van der Waals surface area contributed by atoms with Crippen molar-refractivity contribution in [3.8, 4) is 0 Å². The molecular formula is C30H28N2O4S. The molecular weight excluding hydrogens is 484 g/mol. The minimum absolute atomic E-state index is 0.112. The Morgan fingerprint density at radius 3 is 2.16 bits per heavy atom. The van der Waals surface area contributed by atoms with Crippen LogP contribution in [0.3, 0.4) is 0 Å². The van der Waals surface area contributed by atoms with Gasteiger partial charge in [0.2, 0.25) is 15.9 Å². The maximum atomic E-state index is 13.7. The number of ether oxygens (including phenoxy) is 1. The van der Waals surface area contributed by atoms with Crippen molar-refractivity contribution in [1.82, 2.24) is 4.72 Å². The second kappa shape index (κ2) is 9.57. The molecule has 37 heavy (non-hydrogen) atoms. The number of nitrogens with one attached hydrogen (secondary N) is 1. The van der Waals surface area contributed by atoms with Gasteiger partial charge < -0.3 is 4.74 Å². The maximum absolute atomic E-state index is 13.7. The van der Waals surface area contributed by atoms with Crippen molar-refractivity contribution in [3.05, 3.63) is 114 Å². The van der Waals surface area contributed by atoms with Crippen molar-refractivity contribution in [2.24, 2.45) is 10.9 Å². The van der Waals surface area contributed by atoms with Gasteiger partial charge in [0, 0.05) is 5.56 Å². The number of esters is 1. The molecule has 0 amide bonds. The lowest BCUT2D eigenvalue weighted by Gasteiger charge is -2.35. The molecule has 2 atom stereocenters. The zero-order chi connectivity index (χ0) is 26.2. The lowest BCUT2D eigenvalue weighted by Crippen LogP contribution is -2.52. The van der Waals surface area contributed by atoms with E-state index in [9.17, 15) is 13.2 Å². The van der Waals surface area contributed by atoms with E-state index in [4.69, 9.17) is 9.73 Å². The molecule has 4 aromatic rings. The van der Waals surface area contributed by atoms with Crippen molar-refractivity contribution in [2.45, 2.75) is 37.2 Å². The average Bonchev–Trinajstić information content (AvgIpc) is 3.26. The normalized spacial score (nSPS) is 18.6. The van der Waals surface area contributed by atoms with Crippen molar-refractivity contribution in [1.29, 1.82) is 0 Å². The number of rotatable bonds is 7. The fourth-order valence-corrected chi connectivity index (χ4v) is 5.99. The SMILES string of the molecule is Cc1ccc(S(=O)(=O)NC(c2ccc3ccccc3c2)[C@@]2(C(C)C)N=C(c3ccccc3)OC2=O)cc1. The highest BCUT2D eigenvalue weighted by atomic mass is 32.2. The third-order valence-electron chi connectivity index (χ3n) is 6.86. The molecule has 6 nitrogen and oxygen atoms in total. The standard InChI is InChI=1S/C30H28N2O4S/c1-20(2)30(29(33)36-28(31-30)23-10-5-4-6-11-23)27(25-16-15-22-9-7-8-12-24(22)19-25)32-37(34,35)26-17-13-21(3)14-18-26/h4-20,27,32H,1-3H3/t27?,30-/m1/s1. The first-order chi connectivity index (χ1) is 17.7. The van der Waals surface area contributed by atoms with Gasteiger partial charge in [0.15, 0.2) is 5.54 Å². The van der Waals surface area contributed by atoms with Gasteiger partial charge in [-0.15, -0.1) is 0 Å². The molecule has 1 unspecified atom stereocenters.